The van der Waals surface area contributed by atoms with E-state index in [2.05, 4.69) is 10.6 Å². The number of hydrogen-bond acceptors (Lipinski definition) is 4. The van der Waals surface area contributed by atoms with Gasteiger partial charge in [0.05, 0.1) is 12.6 Å². The summed E-state index contributed by atoms with van der Waals surface area (Å²) in [4.78, 5) is 38.6. The van der Waals surface area contributed by atoms with Crippen LogP contribution in [0.25, 0.3) is 0 Å². The second-order valence-electron chi connectivity index (χ2n) is 7.37. The second-order valence-corrected chi connectivity index (χ2v) is 7.37. The zero-order valence-corrected chi connectivity index (χ0v) is 16.1. The van der Waals surface area contributed by atoms with Crippen molar-refractivity contribution in [1.82, 2.24) is 15.5 Å². The Morgan fingerprint density at radius 1 is 1.23 bits per heavy atom. The molecule has 2 heterocycles. The Kier molecular flexibility index (Phi) is 4.89. The molecule has 7 nitrogen and oxygen atoms in total. The summed E-state index contributed by atoms with van der Waals surface area (Å²) >= 11 is 0. The molecule has 2 N–H and O–H groups in total. The van der Waals surface area contributed by atoms with Crippen LogP contribution in [0.4, 0.5) is 13.6 Å². The highest BCUT2D eigenvalue weighted by Gasteiger charge is 2.49. The number of benzene rings is 2. The molecule has 2 unspecified atom stereocenters. The zero-order valence-electron chi connectivity index (χ0n) is 16.1. The Balaban J connectivity index is 1.49. The third-order valence-corrected chi connectivity index (χ3v) is 5.37. The van der Waals surface area contributed by atoms with Crippen molar-refractivity contribution in [1.29, 1.82) is 0 Å². The summed E-state index contributed by atoms with van der Waals surface area (Å²) in [5.74, 6) is -2.76. The SMILES string of the molecule is CC1(c2ccc(F)c(F)c2)NC(=O)N(CC(=O)NC2CCOc3ccccc32)C1=O. The van der Waals surface area contributed by atoms with Gasteiger partial charge in [0.1, 0.15) is 17.8 Å². The van der Waals surface area contributed by atoms with Crippen LogP contribution in [-0.2, 0) is 15.1 Å². The minimum Gasteiger partial charge on any atom is -0.493 e. The maximum absolute atomic E-state index is 13.6. The lowest BCUT2D eigenvalue weighted by molar-refractivity contribution is -0.135. The molecule has 4 rings (SSSR count). The molecule has 30 heavy (non-hydrogen) atoms. The van der Waals surface area contributed by atoms with Gasteiger partial charge in [-0.1, -0.05) is 24.3 Å². The predicted molar refractivity (Wildman–Crippen MR) is 101 cm³/mol. The largest absolute Gasteiger partial charge is 0.493 e. The highest BCUT2D eigenvalue weighted by molar-refractivity contribution is 6.09. The van der Waals surface area contributed by atoms with Crippen LogP contribution in [0, 0.1) is 11.6 Å². The van der Waals surface area contributed by atoms with E-state index in [1.807, 2.05) is 18.2 Å². The quantitative estimate of drug-likeness (QED) is 0.751. The Bertz CT molecular complexity index is 1040. The van der Waals surface area contributed by atoms with Gasteiger partial charge in [0.2, 0.25) is 5.91 Å². The maximum atomic E-state index is 13.6. The number of urea groups is 1. The van der Waals surface area contributed by atoms with Crippen LogP contribution in [0.1, 0.15) is 30.5 Å². The molecular formula is C21H19F2N3O4. The van der Waals surface area contributed by atoms with Gasteiger partial charge in [-0.05, 0) is 30.7 Å². The summed E-state index contributed by atoms with van der Waals surface area (Å²) in [6.45, 7) is 1.31. The van der Waals surface area contributed by atoms with Crippen molar-refractivity contribution in [2.24, 2.45) is 0 Å². The fourth-order valence-corrected chi connectivity index (χ4v) is 3.72. The molecule has 2 aromatic rings. The van der Waals surface area contributed by atoms with E-state index in [0.717, 1.165) is 22.6 Å². The molecule has 0 radical (unpaired) electrons. The number of amides is 4. The molecule has 1 fully saturated rings. The maximum Gasteiger partial charge on any atom is 0.325 e. The predicted octanol–water partition coefficient (Wildman–Crippen LogP) is 2.37. The summed E-state index contributed by atoms with van der Waals surface area (Å²) in [7, 11) is 0. The van der Waals surface area contributed by atoms with Gasteiger partial charge in [-0.15, -0.1) is 0 Å². The van der Waals surface area contributed by atoms with Crippen molar-refractivity contribution < 1.29 is 27.9 Å². The lowest BCUT2D eigenvalue weighted by Crippen LogP contribution is -2.44. The number of nitrogens with zero attached hydrogens (tertiary/aromatic N) is 1. The van der Waals surface area contributed by atoms with E-state index in [1.54, 1.807) is 6.07 Å². The van der Waals surface area contributed by atoms with Gasteiger partial charge in [0.25, 0.3) is 5.91 Å². The average Bonchev–Trinajstić information content (AvgIpc) is 2.94. The van der Waals surface area contributed by atoms with Crippen molar-refractivity contribution in [3.63, 3.8) is 0 Å². The Labute approximate surface area is 171 Å². The van der Waals surface area contributed by atoms with Crippen molar-refractivity contribution >= 4 is 17.8 Å². The highest BCUT2D eigenvalue weighted by Crippen LogP contribution is 2.32. The molecule has 2 atom stereocenters. The summed E-state index contributed by atoms with van der Waals surface area (Å²) in [6.07, 6.45) is 0.551. The molecule has 0 aliphatic carbocycles. The van der Waals surface area contributed by atoms with Gasteiger partial charge in [0.15, 0.2) is 11.6 Å². The molecule has 4 amide bonds. The van der Waals surface area contributed by atoms with Gasteiger partial charge in [-0.25, -0.2) is 13.6 Å². The van der Waals surface area contributed by atoms with E-state index in [9.17, 15) is 23.2 Å². The number of rotatable bonds is 4. The summed E-state index contributed by atoms with van der Waals surface area (Å²) in [6, 6.07) is 9.18. The number of fused-ring (bicyclic) bond motifs is 1. The van der Waals surface area contributed by atoms with E-state index < -0.39 is 41.6 Å². The van der Waals surface area contributed by atoms with E-state index >= 15 is 0 Å². The zero-order chi connectivity index (χ0) is 21.5. The number of carbonyl (C=O) groups is 3. The van der Waals surface area contributed by atoms with Crippen LogP contribution in [0.2, 0.25) is 0 Å². The summed E-state index contributed by atoms with van der Waals surface area (Å²) < 4.78 is 32.4. The molecule has 2 aromatic carbocycles. The van der Waals surface area contributed by atoms with Crippen LogP contribution in [0.3, 0.4) is 0 Å². The number of imide groups is 1. The number of carbonyl (C=O) groups excluding carboxylic acids is 3. The lowest BCUT2D eigenvalue weighted by Gasteiger charge is -2.27. The normalized spacial score (nSPS) is 22.9. The van der Waals surface area contributed by atoms with E-state index in [1.165, 1.54) is 13.0 Å². The molecule has 1 saturated heterocycles. The van der Waals surface area contributed by atoms with Gasteiger partial charge in [-0.3, -0.25) is 14.5 Å². The Morgan fingerprint density at radius 2 is 2.00 bits per heavy atom. The fraction of sp³-hybridized carbons (Fsp3) is 0.286. The van der Waals surface area contributed by atoms with Gasteiger partial charge in [0, 0.05) is 12.0 Å². The van der Waals surface area contributed by atoms with Gasteiger partial charge in [-0.2, -0.15) is 0 Å². The third-order valence-electron chi connectivity index (χ3n) is 5.37. The van der Waals surface area contributed by atoms with Crippen molar-refractivity contribution in [3.8, 4) is 5.75 Å². The molecule has 9 heteroatoms. The summed E-state index contributed by atoms with van der Waals surface area (Å²) in [5.41, 5.74) is -0.695. The number of nitrogens with one attached hydrogen (secondary N) is 2. The van der Waals surface area contributed by atoms with Crippen molar-refractivity contribution in [2.75, 3.05) is 13.2 Å². The Hall–Kier alpha value is -3.49. The first-order valence-electron chi connectivity index (χ1n) is 9.40. The fourth-order valence-electron chi connectivity index (χ4n) is 3.72. The first-order chi connectivity index (χ1) is 14.3. The molecule has 0 bridgehead atoms. The molecule has 2 aliphatic heterocycles. The summed E-state index contributed by atoms with van der Waals surface area (Å²) in [5, 5.41) is 5.29. The number of ether oxygens (including phenoxy) is 1. The highest BCUT2D eigenvalue weighted by atomic mass is 19.2. The van der Waals surface area contributed by atoms with E-state index in [-0.39, 0.29) is 11.6 Å². The molecule has 0 saturated carbocycles. The third kappa shape index (κ3) is 3.36. The minimum absolute atomic E-state index is 0.0843. The van der Waals surface area contributed by atoms with E-state index in [4.69, 9.17) is 4.74 Å². The molecule has 0 spiro atoms. The van der Waals surface area contributed by atoms with Crippen molar-refractivity contribution in [2.45, 2.75) is 24.9 Å². The number of halogens is 2. The molecular weight excluding hydrogens is 396 g/mol. The van der Waals surface area contributed by atoms with Crippen LogP contribution < -0.4 is 15.4 Å². The number of hydrogen-bond donors (Lipinski definition) is 2. The topological polar surface area (TPSA) is 87.7 Å². The number of para-hydroxylation sites is 1. The lowest BCUT2D eigenvalue weighted by atomic mass is 9.92. The van der Waals surface area contributed by atoms with Crippen LogP contribution >= 0.6 is 0 Å². The molecule has 0 aromatic heterocycles. The van der Waals surface area contributed by atoms with Crippen LogP contribution in [0.5, 0.6) is 5.75 Å². The first kappa shape index (κ1) is 19.8. The van der Waals surface area contributed by atoms with E-state index in [0.29, 0.717) is 18.8 Å². The standard InChI is InChI=1S/C21H19F2N3O4/c1-21(12-6-7-14(22)15(23)10-12)19(28)26(20(29)25-21)11-18(27)24-16-8-9-30-17-5-3-2-4-13(16)17/h2-7,10,16H,8-9,11H2,1H3,(H,24,27)(H,25,29). The molecule has 2 aliphatic rings. The first-order valence-corrected chi connectivity index (χ1v) is 9.40. The van der Waals surface area contributed by atoms with Gasteiger partial charge >= 0.3 is 6.03 Å². The minimum atomic E-state index is -1.60. The van der Waals surface area contributed by atoms with Crippen LogP contribution in [-0.4, -0.2) is 35.9 Å². The average molecular weight is 415 g/mol. The monoisotopic (exact) mass is 415 g/mol. The van der Waals surface area contributed by atoms with Crippen LogP contribution in [0.15, 0.2) is 42.5 Å². The van der Waals surface area contributed by atoms with Gasteiger partial charge < -0.3 is 15.4 Å². The van der Waals surface area contributed by atoms with Crippen molar-refractivity contribution in [3.05, 3.63) is 65.2 Å². The second kappa shape index (κ2) is 7.40. The molecule has 156 valence electrons. The smallest absolute Gasteiger partial charge is 0.325 e. The Morgan fingerprint density at radius 3 is 2.77 bits per heavy atom.